The molecule has 0 radical (unpaired) electrons. The van der Waals surface area contributed by atoms with Crippen molar-refractivity contribution in [1.29, 1.82) is 0 Å². The first-order valence-electron chi connectivity index (χ1n) is 14.8. The van der Waals surface area contributed by atoms with Crippen molar-refractivity contribution < 1.29 is 33.2 Å². The van der Waals surface area contributed by atoms with Crippen LogP contribution >= 0.6 is 23.2 Å². The number of nitrogens with zero attached hydrogens (tertiary/aromatic N) is 5. The van der Waals surface area contributed by atoms with Crippen molar-refractivity contribution in [3.05, 3.63) is 52.3 Å². The standard InChI is InChI=1S/C30H36Cl2N8O5/c1-3-39-22-12-21(31)24(45-8-4-7-38-16-19(41)11-20(17-38)43-2)13-23(22)40(15-18-5-9-44-10-6-18)25(39)14-35-30(42)26-28(33)37-29(34)27(32)36-26/h11-13,16-18H,3-10,14-15H2,1-2H3,(H4-2,33,34,35,37,41,42)/p+2. The minimum Gasteiger partial charge on any atom is -0.503 e. The fourth-order valence-corrected chi connectivity index (χ4v) is 5.89. The Hall–Kier alpha value is -4.07. The first kappa shape index (κ1) is 32.3. The molecule has 240 valence electrons. The Morgan fingerprint density at radius 3 is 2.69 bits per heavy atom. The van der Waals surface area contributed by atoms with Gasteiger partial charge in [0.05, 0.1) is 31.8 Å². The molecule has 1 aliphatic heterocycles. The van der Waals surface area contributed by atoms with E-state index in [9.17, 15) is 9.90 Å². The SMILES string of the molecule is CC[n+]1c(CNC(=O)c2nc(Cl)c(N)nc2N)n(CC2CCOCC2)c2cc(OCCC[n+]3cc(O)cc(OC)c3)c(Cl)cc21. The number of nitrogens with two attached hydrogens (primary N) is 2. The van der Waals surface area contributed by atoms with Gasteiger partial charge in [-0.2, -0.15) is 4.57 Å². The number of aromatic hydroxyl groups is 1. The number of carbonyl (C=O) groups excluding carboxylic acids is 1. The van der Waals surface area contributed by atoms with Gasteiger partial charge < -0.3 is 36.1 Å². The predicted octanol–water partition coefficient (Wildman–Crippen LogP) is 3.04. The molecule has 1 saturated heterocycles. The monoisotopic (exact) mass is 660 g/mol. The number of aromatic nitrogens is 5. The quantitative estimate of drug-likeness (QED) is 0.132. The van der Waals surface area contributed by atoms with Gasteiger partial charge in [-0.05, 0) is 19.8 Å². The highest BCUT2D eigenvalue weighted by Crippen LogP contribution is 2.32. The maximum atomic E-state index is 13.1. The van der Waals surface area contributed by atoms with Crippen LogP contribution in [0.3, 0.4) is 0 Å². The molecule has 45 heavy (non-hydrogen) atoms. The number of hydrogen-bond acceptors (Lipinski definition) is 9. The maximum Gasteiger partial charge on any atom is 0.277 e. The van der Waals surface area contributed by atoms with E-state index in [0.29, 0.717) is 61.8 Å². The molecule has 4 aromatic rings. The van der Waals surface area contributed by atoms with Crippen molar-refractivity contribution in [3.63, 3.8) is 0 Å². The molecule has 0 unspecified atom stereocenters. The third-order valence-corrected chi connectivity index (χ3v) is 8.37. The molecule has 6 N–H and O–H groups in total. The Morgan fingerprint density at radius 2 is 1.96 bits per heavy atom. The molecule has 1 aromatic carbocycles. The van der Waals surface area contributed by atoms with Gasteiger partial charge in [-0.25, -0.2) is 19.1 Å². The number of imidazole rings is 1. The molecule has 1 aliphatic rings. The van der Waals surface area contributed by atoms with Gasteiger partial charge in [0.2, 0.25) is 12.4 Å². The summed E-state index contributed by atoms with van der Waals surface area (Å²) in [5.41, 5.74) is 13.4. The Bertz CT molecular complexity index is 1690. The lowest BCUT2D eigenvalue weighted by molar-refractivity contribution is -0.698. The van der Waals surface area contributed by atoms with E-state index in [1.54, 1.807) is 19.4 Å². The van der Waals surface area contributed by atoms with Crippen molar-refractivity contribution >= 4 is 51.8 Å². The summed E-state index contributed by atoms with van der Waals surface area (Å²) in [5, 5.41) is 13.3. The second kappa shape index (κ2) is 14.4. The van der Waals surface area contributed by atoms with Crippen LogP contribution in [0, 0.1) is 5.92 Å². The molecule has 0 atom stereocenters. The number of anilines is 2. The van der Waals surface area contributed by atoms with Crippen molar-refractivity contribution in [2.24, 2.45) is 5.92 Å². The highest BCUT2D eigenvalue weighted by molar-refractivity contribution is 6.32. The van der Waals surface area contributed by atoms with Gasteiger partial charge in [-0.15, -0.1) is 0 Å². The molecular weight excluding hydrogens is 623 g/mol. The van der Waals surface area contributed by atoms with Gasteiger partial charge in [0, 0.05) is 43.8 Å². The van der Waals surface area contributed by atoms with E-state index in [-0.39, 0.29) is 34.8 Å². The lowest BCUT2D eigenvalue weighted by atomic mass is 10.0. The molecule has 5 rings (SSSR count). The minimum atomic E-state index is -0.517. The molecule has 13 nitrogen and oxygen atoms in total. The number of rotatable bonds is 12. The number of carbonyl (C=O) groups is 1. The Morgan fingerprint density at radius 1 is 1.18 bits per heavy atom. The van der Waals surface area contributed by atoms with E-state index < -0.39 is 5.91 Å². The van der Waals surface area contributed by atoms with Crippen LogP contribution in [-0.2, 0) is 30.9 Å². The van der Waals surface area contributed by atoms with Crippen molar-refractivity contribution in [3.8, 4) is 17.2 Å². The van der Waals surface area contributed by atoms with Crippen LogP contribution in [0.5, 0.6) is 17.2 Å². The summed E-state index contributed by atoms with van der Waals surface area (Å²) in [5.74, 6) is 1.86. The lowest BCUT2D eigenvalue weighted by Gasteiger charge is -2.21. The van der Waals surface area contributed by atoms with Gasteiger partial charge in [0.15, 0.2) is 51.6 Å². The zero-order chi connectivity index (χ0) is 32.1. The van der Waals surface area contributed by atoms with E-state index >= 15 is 0 Å². The summed E-state index contributed by atoms with van der Waals surface area (Å²) in [6.45, 7) is 6.03. The summed E-state index contributed by atoms with van der Waals surface area (Å²) < 4.78 is 23.2. The average Bonchev–Trinajstić information content (AvgIpc) is 3.30. The van der Waals surface area contributed by atoms with Gasteiger partial charge >= 0.3 is 0 Å². The van der Waals surface area contributed by atoms with Crippen LogP contribution < -0.4 is 35.4 Å². The predicted molar refractivity (Wildman–Crippen MR) is 168 cm³/mol. The Kier molecular flexibility index (Phi) is 10.3. The maximum absolute atomic E-state index is 13.1. The summed E-state index contributed by atoms with van der Waals surface area (Å²) in [6, 6.07) is 5.42. The lowest BCUT2D eigenvalue weighted by Crippen LogP contribution is -2.41. The van der Waals surface area contributed by atoms with Gasteiger partial charge in [0.1, 0.15) is 12.3 Å². The topological polar surface area (TPSA) is 168 Å². The van der Waals surface area contributed by atoms with Crippen LogP contribution in [0.15, 0.2) is 30.6 Å². The van der Waals surface area contributed by atoms with Crippen molar-refractivity contribution in [2.45, 2.75) is 52.4 Å². The van der Waals surface area contributed by atoms with Gasteiger partial charge in [-0.1, -0.05) is 23.2 Å². The number of fused-ring (bicyclic) bond motifs is 1. The Balaban J connectivity index is 1.41. The number of halogens is 2. The number of nitrogen functional groups attached to an aromatic ring is 2. The molecule has 0 bridgehead atoms. The number of nitrogens with one attached hydrogen (secondary N) is 1. The molecular formula is C30H38Cl2N8O5+2. The molecule has 0 aliphatic carbocycles. The van der Waals surface area contributed by atoms with Crippen molar-refractivity contribution in [2.75, 3.05) is 38.4 Å². The number of amides is 1. The van der Waals surface area contributed by atoms with Crippen LogP contribution in [0.1, 0.15) is 42.5 Å². The van der Waals surface area contributed by atoms with Crippen LogP contribution in [0.2, 0.25) is 10.2 Å². The summed E-state index contributed by atoms with van der Waals surface area (Å²) >= 11 is 12.8. The van der Waals surface area contributed by atoms with Crippen molar-refractivity contribution in [1.82, 2.24) is 19.9 Å². The average molecular weight is 662 g/mol. The van der Waals surface area contributed by atoms with E-state index in [1.165, 1.54) is 0 Å². The molecule has 4 heterocycles. The third-order valence-electron chi connectivity index (χ3n) is 7.79. The number of aryl methyl sites for hydroxylation is 2. The number of benzene rings is 1. The first-order valence-corrected chi connectivity index (χ1v) is 15.5. The van der Waals surface area contributed by atoms with Crippen LogP contribution in [0.4, 0.5) is 11.6 Å². The Labute approximate surface area is 270 Å². The summed E-state index contributed by atoms with van der Waals surface area (Å²) in [4.78, 5) is 21.1. The van der Waals surface area contributed by atoms with E-state index in [1.807, 2.05) is 29.8 Å². The molecule has 3 aromatic heterocycles. The molecule has 15 heteroatoms. The summed E-state index contributed by atoms with van der Waals surface area (Å²) in [7, 11) is 1.56. The zero-order valence-electron chi connectivity index (χ0n) is 25.3. The second-order valence-corrected chi connectivity index (χ2v) is 11.6. The third kappa shape index (κ3) is 7.43. The van der Waals surface area contributed by atoms with E-state index in [2.05, 4.69) is 24.4 Å². The van der Waals surface area contributed by atoms with Crippen LogP contribution in [-0.4, -0.2) is 52.5 Å². The number of pyridine rings is 1. The molecule has 1 fully saturated rings. The smallest absolute Gasteiger partial charge is 0.277 e. The number of hydrogen-bond donors (Lipinski definition) is 4. The highest BCUT2D eigenvalue weighted by atomic mass is 35.5. The fourth-order valence-electron chi connectivity index (χ4n) is 5.55. The fraction of sp³-hybridized carbons (Fsp3) is 0.433. The second-order valence-electron chi connectivity index (χ2n) is 10.8. The number of ether oxygens (including phenoxy) is 3. The number of methoxy groups -OCH3 is 1. The highest BCUT2D eigenvalue weighted by Gasteiger charge is 2.30. The van der Waals surface area contributed by atoms with E-state index in [4.69, 9.17) is 48.9 Å². The van der Waals surface area contributed by atoms with Crippen LogP contribution in [0.25, 0.3) is 11.0 Å². The molecule has 0 spiro atoms. The zero-order valence-corrected chi connectivity index (χ0v) is 26.8. The summed E-state index contributed by atoms with van der Waals surface area (Å²) in [6.07, 6.45) is 5.98. The molecule has 1 amide bonds. The van der Waals surface area contributed by atoms with E-state index in [0.717, 1.165) is 36.2 Å². The molecule has 0 saturated carbocycles. The van der Waals surface area contributed by atoms with Gasteiger partial charge in [0.25, 0.3) is 11.7 Å². The minimum absolute atomic E-state index is 0.0422. The first-order chi connectivity index (χ1) is 21.7. The normalized spacial score (nSPS) is 13.7. The largest absolute Gasteiger partial charge is 0.503 e. The van der Waals surface area contributed by atoms with Gasteiger partial charge in [-0.3, -0.25) is 4.79 Å².